The summed E-state index contributed by atoms with van der Waals surface area (Å²) >= 11 is 0. The van der Waals surface area contributed by atoms with E-state index in [0.717, 1.165) is 0 Å². The van der Waals surface area contributed by atoms with Crippen molar-refractivity contribution < 1.29 is 39.3 Å². The van der Waals surface area contributed by atoms with E-state index in [1.165, 1.54) is 0 Å². The van der Waals surface area contributed by atoms with Crippen molar-refractivity contribution in [3.8, 4) is 0 Å². The molecule has 0 heterocycles. The molecule has 0 aliphatic carbocycles. The van der Waals surface area contributed by atoms with Crippen LogP contribution in [-0.2, 0) is 24.0 Å². The number of carboxylic acids is 2. The first-order chi connectivity index (χ1) is 13.1. The third kappa shape index (κ3) is 10.4. The van der Waals surface area contributed by atoms with Gasteiger partial charge in [-0.2, -0.15) is 0 Å². The Labute approximate surface area is 160 Å². The molecule has 28 heavy (non-hydrogen) atoms. The molecule has 0 rings (SSSR count). The normalized spacial score (nSPS) is 13.7. The van der Waals surface area contributed by atoms with Crippen LogP contribution in [0.4, 0.5) is 0 Å². The number of nitrogens with one attached hydrogen (secondary N) is 3. The van der Waals surface area contributed by atoms with E-state index in [4.69, 9.17) is 26.8 Å². The van der Waals surface area contributed by atoms with Crippen LogP contribution in [0.2, 0.25) is 0 Å². The highest BCUT2D eigenvalue weighted by atomic mass is 16.4. The average Bonchev–Trinajstić information content (AvgIpc) is 2.63. The number of carboxylic acid groups (broad SMARTS) is 2. The van der Waals surface area contributed by atoms with Crippen LogP contribution in [0.1, 0.15) is 25.7 Å². The van der Waals surface area contributed by atoms with Gasteiger partial charge in [-0.1, -0.05) is 0 Å². The molecule has 0 aromatic heterocycles. The Balaban J connectivity index is 4.71. The summed E-state index contributed by atoms with van der Waals surface area (Å²) in [5.41, 5.74) is 10.6. The van der Waals surface area contributed by atoms with Crippen LogP contribution >= 0.6 is 0 Å². The van der Waals surface area contributed by atoms with Crippen LogP contribution in [0.3, 0.4) is 0 Å². The molecule has 160 valence electrons. The largest absolute Gasteiger partial charge is 0.481 e. The highest BCUT2D eigenvalue weighted by Crippen LogP contribution is 2.01. The van der Waals surface area contributed by atoms with Gasteiger partial charge in [-0.3, -0.25) is 19.2 Å². The van der Waals surface area contributed by atoms with Gasteiger partial charge in [-0.15, -0.1) is 0 Å². The fraction of sp³-hybridized carbons (Fsp3) is 0.667. The SMILES string of the molecule is NCCCC[C@H](NC(=O)CNC(=O)[C@H](CC(=O)O)NC(=O)[C@@H](N)CO)C(=O)O. The van der Waals surface area contributed by atoms with Gasteiger partial charge in [-0.25, -0.2) is 4.79 Å². The second-order valence-corrected chi connectivity index (χ2v) is 5.91. The lowest BCUT2D eigenvalue weighted by molar-refractivity contribution is -0.142. The van der Waals surface area contributed by atoms with E-state index in [-0.39, 0.29) is 6.42 Å². The van der Waals surface area contributed by atoms with Gasteiger partial charge < -0.3 is 42.7 Å². The van der Waals surface area contributed by atoms with Gasteiger partial charge in [0, 0.05) is 0 Å². The monoisotopic (exact) mass is 405 g/mol. The maximum Gasteiger partial charge on any atom is 0.326 e. The number of hydrogen-bond donors (Lipinski definition) is 8. The highest BCUT2D eigenvalue weighted by Gasteiger charge is 2.26. The number of hydrogen-bond acceptors (Lipinski definition) is 8. The van der Waals surface area contributed by atoms with E-state index < -0.39 is 67.4 Å². The minimum atomic E-state index is -1.53. The Morgan fingerprint density at radius 1 is 0.929 bits per heavy atom. The van der Waals surface area contributed by atoms with Crippen molar-refractivity contribution in [1.29, 1.82) is 0 Å². The van der Waals surface area contributed by atoms with Gasteiger partial charge in [0.1, 0.15) is 18.1 Å². The van der Waals surface area contributed by atoms with Gasteiger partial charge in [0.25, 0.3) is 0 Å². The number of aliphatic carboxylic acids is 2. The van der Waals surface area contributed by atoms with Gasteiger partial charge in [0.05, 0.1) is 19.6 Å². The molecule has 0 spiro atoms. The minimum absolute atomic E-state index is 0.156. The molecule has 13 heteroatoms. The zero-order chi connectivity index (χ0) is 21.7. The third-order valence-corrected chi connectivity index (χ3v) is 3.55. The Kier molecular flexibility index (Phi) is 12.1. The fourth-order valence-corrected chi connectivity index (χ4v) is 2.03. The predicted molar refractivity (Wildman–Crippen MR) is 94.7 cm³/mol. The van der Waals surface area contributed by atoms with Gasteiger partial charge in [-0.05, 0) is 25.8 Å². The van der Waals surface area contributed by atoms with Gasteiger partial charge in [0.15, 0.2) is 0 Å². The molecule has 0 fully saturated rings. The van der Waals surface area contributed by atoms with E-state index >= 15 is 0 Å². The van der Waals surface area contributed by atoms with Crippen molar-refractivity contribution in [2.45, 2.75) is 43.8 Å². The lowest BCUT2D eigenvalue weighted by Crippen LogP contribution is -2.54. The molecule has 0 saturated heterocycles. The average molecular weight is 405 g/mol. The topological polar surface area (TPSA) is 234 Å². The van der Waals surface area contributed by atoms with Crippen LogP contribution in [-0.4, -0.2) is 82.8 Å². The Morgan fingerprint density at radius 2 is 1.57 bits per heavy atom. The van der Waals surface area contributed by atoms with E-state index in [1.807, 2.05) is 0 Å². The minimum Gasteiger partial charge on any atom is -0.481 e. The second kappa shape index (κ2) is 13.4. The van der Waals surface area contributed by atoms with Gasteiger partial charge in [0.2, 0.25) is 17.7 Å². The Bertz CT molecular complexity index is 571. The van der Waals surface area contributed by atoms with E-state index in [1.54, 1.807) is 0 Å². The first-order valence-electron chi connectivity index (χ1n) is 8.50. The van der Waals surface area contributed by atoms with Gasteiger partial charge >= 0.3 is 11.9 Å². The highest BCUT2D eigenvalue weighted by molar-refractivity contribution is 5.94. The summed E-state index contributed by atoms with van der Waals surface area (Å²) in [6.45, 7) is -0.957. The van der Waals surface area contributed by atoms with Crippen molar-refractivity contribution in [3.63, 3.8) is 0 Å². The molecule has 0 radical (unpaired) electrons. The summed E-state index contributed by atoms with van der Waals surface area (Å²) < 4.78 is 0. The summed E-state index contributed by atoms with van der Waals surface area (Å²) in [6, 6.07) is -4.04. The number of carbonyl (C=O) groups excluding carboxylic acids is 3. The molecule has 10 N–H and O–H groups in total. The summed E-state index contributed by atoms with van der Waals surface area (Å²) in [5.74, 6) is -5.37. The van der Waals surface area contributed by atoms with Crippen molar-refractivity contribution in [2.24, 2.45) is 11.5 Å². The smallest absolute Gasteiger partial charge is 0.326 e. The molecule has 3 atom stereocenters. The molecule has 0 bridgehead atoms. The van der Waals surface area contributed by atoms with E-state index in [9.17, 15) is 24.0 Å². The summed E-state index contributed by atoms with van der Waals surface area (Å²) in [6.07, 6.45) is 0.442. The van der Waals surface area contributed by atoms with Crippen LogP contribution in [0.25, 0.3) is 0 Å². The lowest BCUT2D eigenvalue weighted by atomic mass is 10.1. The van der Waals surface area contributed by atoms with Crippen LogP contribution in [0.15, 0.2) is 0 Å². The number of aliphatic hydroxyl groups is 1. The van der Waals surface area contributed by atoms with Crippen molar-refractivity contribution in [3.05, 3.63) is 0 Å². The van der Waals surface area contributed by atoms with Crippen LogP contribution in [0, 0.1) is 0 Å². The fourth-order valence-electron chi connectivity index (χ4n) is 2.03. The predicted octanol–water partition coefficient (Wildman–Crippen LogP) is -3.92. The first kappa shape index (κ1) is 25.2. The number of aliphatic hydroxyl groups excluding tert-OH is 1. The summed E-state index contributed by atoms with van der Waals surface area (Å²) in [5, 5.41) is 33.1. The number of amides is 3. The maximum absolute atomic E-state index is 12.1. The summed E-state index contributed by atoms with van der Waals surface area (Å²) in [4.78, 5) is 57.5. The zero-order valence-electron chi connectivity index (χ0n) is 15.2. The molecule has 0 unspecified atom stereocenters. The van der Waals surface area contributed by atoms with Crippen molar-refractivity contribution in [1.82, 2.24) is 16.0 Å². The quantitative estimate of drug-likeness (QED) is 0.131. The molecule has 3 amide bonds. The van der Waals surface area contributed by atoms with Crippen LogP contribution in [0.5, 0.6) is 0 Å². The number of carbonyl (C=O) groups is 5. The first-order valence-corrected chi connectivity index (χ1v) is 8.50. The summed E-state index contributed by atoms with van der Waals surface area (Å²) in [7, 11) is 0. The maximum atomic E-state index is 12.1. The molecular weight excluding hydrogens is 378 g/mol. The van der Waals surface area contributed by atoms with Crippen molar-refractivity contribution in [2.75, 3.05) is 19.7 Å². The van der Waals surface area contributed by atoms with Crippen LogP contribution < -0.4 is 27.4 Å². The lowest BCUT2D eigenvalue weighted by Gasteiger charge is -2.19. The second-order valence-electron chi connectivity index (χ2n) is 5.91. The standard InChI is InChI=1S/C15H27N5O8/c16-4-2-1-3-9(15(27)28)19-11(22)6-18-14(26)10(5-12(23)24)20-13(25)8(17)7-21/h8-10,21H,1-7,16-17H2,(H,18,26)(H,19,22)(H,20,25)(H,23,24)(H,27,28)/t8-,9-,10-/m0/s1. The number of nitrogens with two attached hydrogens (primary N) is 2. The third-order valence-electron chi connectivity index (χ3n) is 3.55. The molecule has 0 saturated carbocycles. The number of unbranched alkanes of at least 4 members (excludes halogenated alkanes) is 1. The Morgan fingerprint density at radius 3 is 2.07 bits per heavy atom. The molecule has 13 nitrogen and oxygen atoms in total. The molecule has 0 aromatic carbocycles. The zero-order valence-corrected chi connectivity index (χ0v) is 15.2. The van der Waals surface area contributed by atoms with Crippen molar-refractivity contribution >= 4 is 29.7 Å². The molecular formula is C15H27N5O8. The Hall–Kier alpha value is -2.77. The molecule has 0 aliphatic heterocycles. The molecule has 0 aliphatic rings. The van der Waals surface area contributed by atoms with E-state index in [2.05, 4.69) is 16.0 Å². The van der Waals surface area contributed by atoms with E-state index in [0.29, 0.717) is 19.4 Å². The number of rotatable bonds is 14. The molecule has 0 aromatic rings.